The third kappa shape index (κ3) is 5.89. The number of anilines is 1. The molecular formula is C21H24ClNO5. The summed E-state index contributed by atoms with van der Waals surface area (Å²) in [6.45, 7) is 3.88. The summed E-state index contributed by atoms with van der Waals surface area (Å²) in [6.07, 6.45) is 2.07. The van der Waals surface area contributed by atoms with Gasteiger partial charge in [-0.1, -0.05) is 37.1 Å². The summed E-state index contributed by atoms with van der Waals surface area (Å²) >= 11 is 6.19. The zero-order valence-corrected chi connectivity index (χ0v) is 17.0. The molecule has 1 amide bonds. The molecule has 1 N–H and O–H groups in total. The Morgan fingerprint density at radius 3 is 2.43 bits per heavy atom. The Morgan fingerprint density at radius 2 is 1.82 bits per heavy atom. The molecule has 0 saturated heterocycles. The number of rotatable bonds is 9. The minimum atomic E-state index is -0.547. The molecule has 0 atom stereocenters. The summed E-state index contributed by atoms with van der Waals surface area (Å²) < 4.78 is 15.7. The normalized spacial score (nSPS) is 10.3. The quantitative estimate of drug-likeness (QED) is 0.622. The predicted molar refractivity (Wildman–Crippen MR) is 109 cm³/mol. The van der Waals surface area contributed by atoms with Gasteiger partial charge in [-0.25, -0.2) is 4.79 Å². The Balaban J connectivity index is 2.01. The second-order valence-electron chi connectivity index (χ2n) is 5.98. The second kappa shape index (κ2) is 10.6. The van der Waals surface area contributed by atoms with Crippen molar-refractivity contribution in [3.63, 3.8) is 0 Å². The van der Waals surface area contributed by atoms with Crippen molar-refractivity contribution in [2.75, 3.05) is 25.6 Å². The highest BCUT2D eigenvalue weighted by atomic mass is 35.5. The van der Waals surface area contributed by atoms with Crippen LogP contribution in [0.4, 0.5) is 5.69 Å². The van der Waals surface area contributed by atoms with Gasteiger partial charge in [0.2, 0.25) is 0 Å². The van der Waals surface area contributed by atoms with E-state index in [1.54, 1.807) is 6.92 Å². The average Bonchev–Trinajstić information content (AvgIpc) is 2.69. The average molecular weight is 406 g/mol. The van der Waals surface area contributed by atoms with Gasteiger partial charge in [0.15, 0.2) is 6.61 Å². The van der Waals surface area contributed by atoms with Crippen LogP contribution in [-0.4, -0.2) is 32.2 Å². The molecule has 7 heteroatoms. The molecular weight excluding hydrogens is 382 g/mol. The summed E-state index contributed by atoms with van der Waals surface area (Å²) in [5.41, 5.74) is 1.73. The highest BCUT2D eigenvalue weighted by Gasteiger charge is 2.18. The lowest BCUT2D eigenvalue weighted by atomic mass is 10.1. The lowest BCUT2D eigenvalue weighted by molar-refractivity contribution is -0.118. The van der Waals surface area contributed by atoms with Gasteiger partial charge in [-0.05, 0) is 37.1 Å². The van der Waals surface area contributed by atoms with Crippen LogP contribution in [0.5, 0.6) is 11.5 Å². The van der Waals surface area contributed by atoms with Crippen molar-refractivity contribution in [1.29, 1.82) is 0 Å². The van der Waals surface area contributed by atoms with Crippen LogP contribution in [0.25, 0.3) is 0 Å². The number of carbonyl (C=O) groups excluding carboxylic acids is 2. The number of hydrogen-bond acceptors (Lipinski definition) is 5. The van der Waals surface area contributed by atoms with Gasteiger partial charge < -0.3 is 19.5 Å². The van der Waals surface area contributed by atoms with Crippen LogP contribution in [0.1, 0.15) is 36.2 Å². The molecule has 2 rings (SSSR count). The number of methoxy groups -OCH3 is 1. The van der Waals surface area contributed by atoms with Crippen molar-refractivity contribution in [3.05, 3.63) is 52.5 Å². The molecule has 28 heavy (non-hydrogen) atoms. The number of hydrogen-bond donors (Lipinski definition) is 1. The van der Waals surface area contributed by atoms with E-state index in [1.165, 1.54) is 24.8 Å². The molecule has 6 nitrogen and oxygen atoms in total. The third-order valence-corrected chi connectivity index (χ3v) is 4.20. The number of esters is 1. The molecule has 0 aliphatic carbocycles. The summed E-state index contributed by atoms with van der Waals surface area (Å²) in [6, 6.07) is 10.5. The van der Waals surface area contributed by atoms with Gasteiger partial charge in [0.1, 0.15) is 17.1 Å². The molecule has 0 fully saturated rings. The highest BCUT2D eigenvalue weighted by Crippen LogP contribution is 2.31. The molecule has 2 aromatic carbocycles. The van der Waals surface area contributed by atoms with E-state index in [0.717, 1.165) is 12.8 Å². The van der Waals surface area contributed by atoms with Crippen molar-refractivity contribution in [3.8, 4) is 11.5 Å². The number of nitrogens with one attached hydrogen (secondary N) is 1. The van der Waals surface area contributed by atoms with E-state index in [-0.39, 0.29) is 35.5 Å². The van der Waals surface area contributed by atoms with Crippen molar-refractivity contribution in [1.82, 2.24) is 0 Å². The first-order chi connectivity index (χ1) is 13.5. The number of amides is 1. The van der Waals surface area contributed by atoms with E-state index in [9.17, 15) is 9.59 Å². The number of carbonyl (C=O) groups is 2. The summed E-state index contributed by atoms with van der Waals surface area (Å²) in [4.78, 5) is 24.2. The Morgan fingerprint density at radius 1 is 1.11 bits per heavy atom. The van der Waals surface area contributed by atoms with E-state index in [0.29, 0.717) is 11.4 Å². The van der Waals surface area contributed by atoms with Crippen LogP contribution in [-0.2, 0) is 16.0 Å². The van der Waals surface area contributed by atoms with Gasteiger partial charge in [0.05, 0.1) is 24.4 Å². The molecule has 0 aromatic heterocycles. The van der Waals surface area contributed by atoms with E-state index >= 15 is 0 Å². The van der Waals surface area contributed by atoms with Crippen LogP contribution < -0.4 is 14.8 Å². The van der Waals surface area contributed by atoms with Crippen molar-refractivity contribution < 1.29 is 23.8 Å². The molecule has 0 aliphatic heterocycles. The molecule has 0 unspecified atom stereocenters. The summed E-state index contributed by atoms with van der Waals surface area (Å²) in [7, 11) is 1.42. The fourth-order valence-electron chi connectivity index (χ4n) is 2.56. The molecule has 2 aromatic rings. The molecule has 0 saturated carbocycles. The largest absolute Gasteiger partial charge is 0.496 e. The first-order valence-corrected chi connectivity index (χ1v) is 9.42. The number of aryl methyl sites for hydroxylation is 1. The Bertz CT molecular complexity index is 820. The SMILES string of the molecule is CCCc1ccc(OCC(=O)Nc2cc(OC)c(C(=O)OCC)cc2Cl)cc1. The van der Waals surface area contributed by atoms with Gasteiger partial charge in [0.25, 0.3) is 5.91 Å². The minimum absolute atomic E-state index is 0.175. The Labute approximate surface area is 169 Å². The number of halogens is 1. The van der Waals surface area contributed by atoms with E-state index < -0.39 is 5.97 Å². The molecule has 150 valence electrons. The van der Waals surface area contributed by atoms with Crippen molar-refractivity contribution in [2.24, 2.45) is 0 Å². The van der Waals surface area contributed by atoms with E-state index in [4.69, 9.17) is 25.8 Å². The fourth-order valence-corrected chi connectivity index (χ4v) is 2.77. The molecule has 0 radical (unpaired) electrons. The van der Waals surface area contributed by atoms with Crippen LogP contribution in [0.2, 0.25) is 5.02 Å². The summed E-state index contributed by atoms with van der Waals surface area (Å²) in [5, 5.41) is 2.85. The van der Waals surface area contributed by atoms with Gasteiger partial charge in [0, 0.05) is 6.07 Å². The maximum absolute atomic E-state index is 12.2. The monoisotopic (exact) mass is 405 g/mol. The maximum atomic E-state index is 12.2. The van der Waals surface area contributed by atoms with Gasteiger partial charge in [-0.3, -0.25) is 4.79 Å². The van der Waals surface area contributed by atoms with Crippen LogP contribution in [0, 0.1) is 0 Å². The smallest absolute Gasteiger partial charge is 0.341 e. The molecule has 0 spiro atoms. The maximum Gasteiger partial charge on any atom is 0.341 e. The predicted octanol–water partition coefficient (Wildman–Crippen LogP) is 4.50. The minimum Gasteiger partial charge on any atom is -0.496 e. The molecule has 0 heterocycles. The van der Waals surface area contributed by atoms with Crippen molar-refractivity contribution in [2.45, 2.75) is 26.7 Å². The van der Waals surface area contributed by atoms with Crippen LogP contribution in [0.3, 0.4) is 0 Å². The third-order valence-electron chi connectivity index (χ3n) is 3.89. The topological polar surface area (TPSA) is 73.9 Å². The van der Waals surface area contributed by atoms with Crippen LogP contribution >= 0.6 is 11.6 Å². The lowest BCUT2D eigenvalue weighted by Crippen LogP contribution is -2.20. The van der Waals surface area contributed by atoms with Gasteiger partial charge in [-0.2, -0.15) is 0 Å². The van der Waals surface area contributed by atoms with E-state index in [2.05, 4.69) is 12.2 Å². The Hall–Kier alpha value is -2.73. The van der Waals surface area contributed by atoms with E-state index in [1.807, 2.05) is 24.3 Å². The number of benzene rings is 2. The summed E-state index contributed by atoms with van der Waals surface area (Å²) in [5.74, 6) is -0.0682. The Kier molecular flexibility index (Phi) is 8.14. The van der Waals surface area contributed by atoms with Crippen molar-refractivity contribution >= 4 is 29.2 Å². The van der Waals surface area contributed by atoms with Crippen LogP contribution in [0.15, 0.2) is 36.4 Å². The highest BCUT2D eigenvalue weighted by molar-refractivity contribution is 6.34. The van der Waals surface area contributed by atoms with Gasteiger partial charge >= 0.3 is 5.97 Å². The fraction of sp³-hybridized carbons (Fsp3) is 0.333. The number of ether oxygens (including phenoxy) is 3. The standard InChI is InChI=1S/C21H24ClNO5/c1-4-6-14-7-9-15(10-8-14)28-13-20(24)23-18-12-19(26-3)16(11-17(18)22)21(25)27-5-2/h7-12H,4-6,13H2,1-3H3,(H,23,24). The zero-order valence-electron chi connectivity index (χ0n) is 16.2. The lowest BCUT2D eigenvalue weighted by Gasteiger charge is -2.13. The molecule has 0 aliphatic rings. The molecule has 0 bridgehead atoms. The second-order valence-corrected chi connectivity index (χ2v) is 6.39. The first-order valence-electron chi connectivity index (χ1n) is 9.04. The zero-order chi connectivity index (χ0) is 20.5. The van der Waals surface area contributed by atoms with Gasteiger partial charge in [-0.15, -0.1) is 0 Å². The first kappa shape index (κ1) is 21.6.